The largest absolute Gasteiger partial charge is 0.397 e. The molecular formula is C13H21N3. The molecule has 0 unspecified atom stereocenters. The summed E-state index contributed by atoms with van der Waals surface area (Å²) >= 11 is 0. The van der Waals surface area contributed by atoms with Gasteiger partial charge in [0.2, 0.25) is 0 Å². The molecule has 2 N–H and O–H groups in total. The first kappa shape index (κ1) is 11.4. The van der Waals surface area contributed by atoms with E-state index in [4.69, 9.17) is 5.73 Å². The molecule has 2 rings (SSSR count). The highest BCUT2D eigenvalue weighted by Gasteiger charge is 2.17. The summed E-state index contributed by atoms with van der Waals surface area (Å²) in [6.07, 6.45) is 5.75. The summed E-state index contributed by atoms with van der Waals surface area (Å²) in [6, 6.07) is 3.96. The molecule has 3 nitrogen and oxygen atoms in total. The SMILES string of the molecule is CCC1CCN(Cc2ccc(N)cn2)CC1. The van der Waals surface area contributed by atoms with Crippen LogP contribution in [0.25, 0.3) is 0 Å². The van der Waals surface area contributed by atoms with Crippen LogP contribution in [-0.4, -0.2) is 23.0 Å². The number of piperidine rings is 1. The molecule has 0 saturated carbocycles. The van der Waals surface area contributed by atoms with Gasteiger partial charge in [-0.25, -0.2) is 0 Å². The highest BCUT2D eigenvalue weighted by atomic mass is 15.1. The molecule has 0 bridgehead atoms. The second-order valence-corrected chi connectivity index (χ2v) is 4.71. The minimum atomic E-state index is 0.744. The maximum Gasteiger partial charge on any atom is 0.0545 e. The fraction of sp³-hybridized carbons (Fsp3) is 0.615. The van der Waals surface area contributed by atoms with Gasteiger partial charge in [0, 0.05) is 6.54 Å². The zero-order valence-corrected chi connectivity index (χ0v) is 10.0. The van der Waals surface area contributed by atoms with Crippen LogP contribution in [0.3, 0.4) is 0 Å². The fourth-order valence-corrected chi connectivity index (χ4v) is 2.31. The van der Waals surface area contributed by atoms with Crippen LogP contribution in [0, 0.1) is 5.92 Å². The Hall–Kier alpha value is -1.09. The quantitative estimate of drug-likeness (QED) is 0.848. The number of nitrogen functional groups attached to an aromatic ring is 1. The molecule has 1 fully saturated rings. The van der Waals surface area contributed by atoms with Gasteiger partial charge in [0.05, 0.1) is 17.6 Å². The predicted molar refractivity (Wildman–Crippen MR) is 66.9 cm³/mol. The van der Waals surface area contributed by atoms with Crippen LogP contribution in [0.1, 0.15) is 31.9 Å². The summed E-state index contributed by atoms with van der Waals surface area (Å²) in [7, 11) is 0. The van der Waals surface area contributed by atoms with Crippen molar-refractivity contribution >= 4 is 5.69 Å². The second-order valence-electron chi connectivity index (χ2n) is 4.71. The van der Waals surface area contributed by atoms with Gasteiger partial charge in [-0.2, -0.15) is 0 Å². The van der Waals surface area contributed by atoms with Crippen LogP contribution >= 0.6 is 0 Å². The van der Waals surface area contributed by atoms with Crippen molar-refractivity contribution in [3.05, 3.63) is 24.0 Å². The summed E-state index contributed by atoms with van der Waals surface area (Å²) in [5, 5.41) is 0. The lowest BCUT2D eigenvalue weighted by atomic mass is 9.94. The fourth-order valence-electron chi connectivity index (χ4n) is 2.31. The Morgan fingerprint density at radius 1 is 1.38 bits per heavy atom. The third-order valence-corrected chi connectivity index (χ3v) is 3.52. The predicted octanol–water partition coefficient (Wildman–Crippen LogP) is 2.29. The maximum absolute atomic E-state index is 5.62. The van der Waals surface area contributed by atoms with Crippen molar-refractivity contribution in [1.29, 1.82) is 0 Å². The number of nitrogens with two attached hydrogens (primary N) is 1. The van der Waals surface area contributed by atoms with E-state index in [0.717, 1.165) is 23.8 Å². The highest BCUT2D eigenvalue weighted by Crippen LogP contribution is 2.20. The van der Waals surface area contributed by atoms with Crippen molar-refractivity contribution in [3.63, 3.8) is 0 Å². The lowest BCUT2D eigenvalue weighted by Gasteiger charge is -2.31. The first-order valence-electron chi connectivity index (χ1n) is 6.20. The Labute approximate surface area is 97.7 Å². The number of aromatic nitrogens is 1. The monoisotopic (exact) mass is 219 g/mol. The number of pyridine rings is 1. The van der Waals surface area contributed by atoms with Gasteiger partial charge in [0.15, 0.2) is 0 Å². The molecule has 16 heavy (non-hydrogen) atoms. The van der Waals surface area contributed by atoms with E-state index < -0.39 is 0 Å². The van der Waals surface area contributed by atoms with E-state index in [2.05, 4.69) is 16.8 Å². The summed E-state index contributed by atoms with van der Waals surface area (Å²) in [6.45, 7) is 5.69. The average molecular weight is 219 g/mol. The lowest BCUT2D eigenvalue weighted by Crippen LogP contribution is -2.33. The Morgan fingerprint density at radius 2 is 2.12 bits per heavy atom. The van der Waals surface area contributed by atoms with Crippen molar-refractivity contribution in [3.8, 4) is 0 Å². The second kappa shape index (κ2) is 5.30. The van der Waals surface area contributed by atoms with Crippen LogP contribution in [0.5, 0.6) is 0 Å². The topological polar surface area (TPSA) is 42.1 Å². The Balaban J connectivity index is 1.84. The van der Waals surface area contributed by atoms with Gasteiger partial charge in [0.1, 0.15) is 0 Å². The van der Waals surface area contributed by atoms with E-state index in [0.29, 0.717) is 0 Å². The van der Waals surface area contributed by atoms with E-state index in [1.807, 2.05) is 12.1 Å². The van der Waals surface area contributed by atoms with Crippen molar-refractivity contribution in [1.82, 2.24) is 9.88 Å². The van der Waals surface area contributed by atoms with Crippen LogP contribution in [0.4, 0.5) is 5.69 Å². The highest BCUT2D eigenvalue weighted by molar-refractivity contribution is 5.34. The van der Waals surface area contributed by atoms with Crippen LogP contribution in [0.15, 0.2) is 18.3 Å². The molecule has 1 saturated heterocycles. The molecule has 1 aliphatic heterocycles. The molecule has 3 heteroatoms. The number of likely N-dealkylation sites (tertiary alicyclic amines) is 1. The molecule has 1 aliphatic rings. The molecule has 0 radical (unpaired) electrons. The Morgan fingerprint density at radius 3 is 2.69 bits per heavy atom. The molecule has 88 valence electrons. The van der Waals surface area contributed by atoms with E-state index in [9.17, 15) is 0 Å². The van der Waals surface area contributed by atoms with Gasteiger partial charge in [-0.05, 0) is 44.0 Å². The Bertz CT molecular complexity index is 312. The first-order chi connectivity index (χ1) is 7.78. The van der Waals surface area contributed by atoms with Crippen LogP contribution in [-0.2, 0) is 6.54 Å². The minimum absolute atomic E-state index is 0.744. The molecule has 1 aromatic heterocycles. The Kier molecular flexibility index (Phi) is 3.78. The van der Waals surface area contributed by atoms with Crippen molar-refractivity contribution < 1.29 is 0 Å². The third kappa shape index (κ3) is 2.95. The summed E-state index contributed by atoms with van der Waals surface area (Å²) < 4.78 is 0. The van der Waals surface area contributed by atoms with Crippen molar-refractivity contribution in [2.75, 3.05) is 18.8 Å². The summed E-state index contributed by atoms with van der Waals surface area (Å²) in [4.78, 5) is 6.84. The van der Waals surface area contributed by atoms with Crippen LogP contribution < -0.4 is 5.73 Å². The number of anilines is 1. The zero-order valence-electron chi connectivity index (χ0n) is 10.0. The molecule has 1 aromatic rings. The average Bonchev–Trinajstić information content (AvgIpc) is 2.33. The third-order valence-electron chi connectivity index (χ3n) is 3.52. The van der Waals surface area contributed by atoms with Gasteiger partial charge in [-0.1, -0.05) is 13.3 Å². The standard InChI is InChI=1S/C13H21N3/c1-2-11-5-7-16(8-6-11)10-13-4-3-12(14)9-15-13/h3-4,9,11H,2,5-8,10,14H2,1H3. The number of nitrogens with zero attached hydrogens (tertiary/aromatic N) is 2. The van der Waals surface area contributed by atoms with Gasteiger partial charge in [0.25, 0.3) is 0 Å². The summed E-state index contributed by atoms with van der Waals surface area (Å²) in [5.41, 5.74) is 7.49. The molecule has 0 amide bonds. The smallest absolute Gasteiger partial charge is 0.0545 e. The van der Waals surface area contributed by atoms with Crippen molar-refractivity contribution in [2.45, 2.75) is 32.7 Å². The number of hydrogen-bond acceptors (Lipinski definition) is 3. The maximum atomic E-state index is 5.62. The van der Waals surface area contributed by atoms with E-state index in [1.54, 1.807) is 6.20 Å². The normalized spacial score (nSPS) is 18.8. The molecular weight excluding hydrogens is 198 g/mol. The zero-order chi connectivity index (χ0) is 11.4. The van der Waals surface area contributed by atoms with Gasteiger partial charge >= 0.3 is 0 Å². The minimum Gasteiger partial charge on any atom is -0.397 e. The molecule has 0 aromatic carbocycles. The van der Waals surface area contributed by atoms with E-state index in [-0.39, 0.29) is 0 Å². The van der Waals surface area contributed by atoms with E-state index >= 15 is 0 Å². The number of rotatable bonds is 3. The first-order valence-corrected chi connectivity index (χ1v) is 6.20. The van der Waals surface area contributed by atoms with Gasteiger partial charge in [-0.15, -0.1) is 0 Å². The lowest BCUT2D eigenvalue weighted by molar-refractivity contribution is 0.173. The molecule has 0 aliphatic carbocycles. The molecule has 2 heterocycles. The van der Waals surface area contributed by atoms with E-state index in [1.165, 1.54) is 32.4 Å². The van der Waals surface area contributed by atoms with Crippen LogP contribution in [0.2, 0.25) is 0 Å². The molecule has 0 spiro atoms. The summed E-state index contributed by atoms with van der Waals surface area (Å²) in [5.74, 6) is 0.940. The van der Waals surface area contributed by atoms with Gasteiger partial charge < -0.3 is 5.73 Å². The number of hydrogen-bond donors (Lipinski definition) is 1. The van der Waals surface area contributed by atoms with Gasteiger partial charge in [-0.3, -0.25) is 9.88 Å². The molecule has 0 atom stereocenters. The van der Waals surface area contributed by atoms with Crippen molar-refractivity contribution in [2.24, 2.45) is 5.92 Å².